The highest BCUT2D eigenvalue weighted by Gasteiger charge is 2.24. The predicted octanol–water partition coefficient (Wildman–Crippen LogP) is 1.29. The number of nitrogens with two attached hydrogens (primary N) is 1. The van der Waals surface area contributed by atoms with Crippen molar-refractivity contribution in [3.8, 4) is 0 Å². The molecule has 3 N–H and O–H groups in total. The van der Waals surface area contributed by atoms with E-state index in [0.717, 1.165) is 6.54 Å². The van der Waals surface area contributed by atoms with Crippen LogP contribution in [0.4, 0.5) is 5.82 Å². The first-order chi connectivity index (χ1) is 9.03. The van der Waals surface area contributed by atoms with Gasteiger partial charge in [0.25, 0.3) is 0 Å². The number of sulfonamides is 1. The average molecular weight is 365 g/mol. The molecule has 0 fully saturated rings. The first-order valence-corrected chi connectivity index (χ1v) is 8.36. The summed E-state index contributed by atoms with van der Waals surface area (Å²) in [5.74, 6) is -0.00823. The molecule has 6 nitrogen and oxygen atoms in total. The monoisotopic (exact) mass is 364 g/mol. The molecular formula is C12H21BrN4O2S. The van der Waals surface area contributed by atoms with Gasteiger partial charge in [0, 0.05) is 23.8 Å². The van der Waals surface area contributed by atoms with Crippen molar-refractivity contribution >= 4 is 31.8 Å². The van der Waals surface area contributed by atoms with Gasteiger partial charge >= 0.3 is 0 Å². The lowest BCUT2D eigenvalue weighted by atomic mass is 9.93. The summed E-state index contributed by atoms with van der Waals surface area (Å²) in [6.45, 7) is 5.08. The second-order valence-corrected chi connectivity index (χ2v) is 8.41. The number of aromatic nitrogens is 1. The number of nitrogens with zero attached hydrogens (tertiary/aromatic N) is 2. The zero-order chi connectivity index (χ0) is 15.6. The molecule has 0 aliphatic carbocycles. The SMILES string of the molecule is CN(C)CC(C)(C)CNS(=O)(=O)c1cc(Br)cnc1N. The number of anilines is 1. The van der Waals surface area contributed by atoms with E-state index >= 15 is 0 Å². The summed E-state index contributed by atoms with van der Waals surface area (Å²) < 4.78 is 27.7. The number of halogens is 1. The topological polar surface area (TPSA) is 88.3 Å². The minimum atomic E-state index is -3.67. The maximum atomic E-state index is 12.3. The Balaban J connectivity index is 2.88. The lowest BCUT2D eigenvalue weighted by Crippen LogP contribution is -2.40. The van der Waals surface area contributed by atoms with Crippen LogP contribution >= 0.6 is 15.9 Å². The van der Waals surface area contributed by atoms with Crippen LogP contribution in [0.5, 0.6) is 0 Å². The van der Waals surface area contributed by atoms with Crippen LogP contribution in [0.15, 0.2) is 21.6 Å². The highest BCUT2D eigenvalue weighted by atomic mass is 79.9. The van der Waals surface area contributed by atoms with Crippen molar-refractivity contribution in [1.82, 2.24) is 14.6 Å². The zero-order valence-electron chi connectivity index (χ0n) is 12.1. The molecule has 0 radical (unpaired) electrons. The molecular weight excluding hydrogens is 344 g/mol. The molecule has 1 aromatic heterocycles. The van der Waals surface area contributed by atoms with Crippen LogP contribution in [0, 0.1) is 5.41 Å². The van der Waals surface area contributed by atoms with E-state index < -0.39 is 10.0 Å². The third kappa shape index (κ3) is 5.01. The number of nitrogens with one attached hydrogen (secondary N) is 1. The normalized spacial score (nSPS) is 12.9. The van der Waals surface area contributed by atoms with Crippen molar-refractivity contribution in [3.05, 3.63) is 16.7 Å². The number of hydrogen-bond acceptors (Lipinski definition) is 5. The summed E-state index contributed by atoms with van der Waals surface area (Å²) in [7, 11) is 0.233. The van der Waals surface area contributed by atoms with Gasteiger partial charge in [-0.2, -0.15) is 0 Å². The van der Waals surface area contributed by atoms with Crippen LogP contribution in [0.2, 0.25) is 0 Å². The smallest absolute Gasteiger partial charge is 0.244 e. The van der Waals surface area contributed by atoms with Crippen LogP contribution in [-0.2, 0) is 10.0 Å². The van der Waals surface area contributed by atoms with Crippen LogP contribution in [0.3, 0.4) is 0 Å². The van der Waals surface area contributed by atoms with Gasteiger partial charge in [0.2, 0.25) is 10.0 Å². The van der Waals surface area contributed by atoms with E-state index in [4.69, 9.17) is 5.73 Å². The first-order valence-electron chi connectivity index (χ1n) is 6.09. The van der Waals surface area contributed by atoms with Crippen molar-refractivity contribution < 1.29 is 8.42 Å². The van der Waals surface area contributed by atoms with Gasteiger partial charge in [-0.25, -0.2) is 18.1 Å². The Morgan fingerprint density at radius 1 is 1.45 bits per heavy atom. The molecule has 1 aromatic rings. The number of nitrogen functional groups attached to an aromatic ring is 1. The minimum Gasteiger partial charge on any atom is -0.383 e. The number of pyridine rings is 1. The Kier molecular flexibility index (Phi) is 5.54. The second-order valence-electron chi connectivity index (χ2n) is 5.76. The van der Waals surface area contributed by atoms with Gasteiger partial charge in [0.15, 0.2) is 0 Å². The molecule has 114 valence electrons. The summed E-state index contributed by atoms with van der Waals surface area (Å²) in [6, 6.07) is 1.45. The van der Waals surface area contributed by atoms with Crippen LogP contribution in [-0.4, -0.2) is 45.5 Å². The molecule has 1 rings (SSSR count). The third-order valence-electron chi connectivity index (χ3n) is 2.62. The van der Waals surface area contributed by atoms with Gasteiger partial charge in [0.05, 0.1) is 0 Å². The molecule has 0 bridgehead atoms. The van der Waals surface area contributed by atoms with Crippen LogP contribution in [0.25, 0.3) is 0 Å². The molecule has 0 saturated carbocycles. The maximum absolute atomic E-state index is 12.3. The minimum absolute atomic E-state index is 0.00692. The summed E-state index contributed by atoms with van der Waals surface area (Å²) in [5.41, 5.74) is 5.45. The van der Waals surface area contributed by atoms with Gasteiger partial charge in [0.1, 0.15) is 10.7 Å². The first kappa shape index (κ1) is 17.4. The fraction of sp³-hybridized carbons (Fsp3) is 0.583. The van der Waals surface area contributed by atoms with Crippen molar-refractivity contribution in [1.29, 1.82) is 0 Å². The van der Waals surface area contributed by atoms with E-state index in [1.54, 1.807) is 0 Å². The number of hydrogen-bond donors (Lipinski definition) is 2. The second kappa shape index (κ2) is 6.38. The van der Waals surface area contributed by atoms with E-state index in [-0.39, 0.29) is 16.1 Å². The Morgan fingerprint density at radius 2 is 2.05 bits per heavy atom. The van der Waals surface area contributed by atoms with Gasteiger partial charge in [-0.3, -0.25) is 0 Å². The largest absolute Gasteiger partial charge is 0.383 e. The van der Waals surface area contributed by atoms with E-state index in [1.807, 2.05) is 32.8 Å². The highest BCUT2D eigenvalue weighted by Crippen LogP contribution is 2.22. The lowest BCUT2D eigenvalue weighted by molar-refractivity contribution is 0.242. The molecule has 0 unspecified atom stereocenters. The molecule has 1 heterocycles. The van der Waals surface area contributed by atoms with E-state index in [2.05, 4.69) is 25.6 Å². The number of rotatable bonds is 6. The Hall–Kier alpha value is -0.700. The highest BCUT2D eigenvalue weighted by molar-refractivity contribution is 9.10. The van der Waals surface area contributed by atoms with Gasteiger partial charge in [-0.15, -0.1) is 0 Å². The molecule has 0 aliphatic rings. The van der Waals surface area contributed by atoms with Crippen molar-refractivity contribution in [2.75, 3.05) is 32.9 Å². The third-order valence-corrected chi connectivity index (χ3v) is 4.49. The molecule has 0 aliphatic heterocycles. The maximum Gasteiger partial charge on any atom is 0.244 e. The van der Waals surface area contributed by atoms with Crippen LogP contribution < -0.4 is 10.5 Å². The fourth-order valence-corrected chi connectivity index (χ4v) is 3.76. The quantitative estimate of drug-likeness (QED) is 0.793. The lowest BCUT2D eigenvalue weighted by Gasteiger charge is -2.28. The predicted molar refractivity (Wildman–Crippen MR) is 83.9 cm³/mol. The summed E-state index contributed by atoms with van der Waals surface area (Å²) in [6.07, 6.45) is 1.46. The Morgan fingerprint density at radius 3 is 2.60 bits per heavy atom. The standard InChI is InChI=1S/C12H21BrN4O2S/c1-12(2,8-17(3)4)7-16-20(18,19)10-5-9(13)6-15-11(10)14/h5-6,16H,7-8H2,1-4H3,(H2,14,15). The molecule has 0 spiro atoms. The van der Waals surface area contributed by atoms with Crippen molar-refractivity contribution in [2.45, 2.75) is 18.7 Å². The fourth-order valence-electron chi connectivity index (χ4n) is 1.93. The van der Waals surface area contributed by atoms with E-state index in [0.29, 0.717) is 11.0 Å². The Labute approximate surface area is 128 Å². The molecule has 0 aromatic carbocycles. The van der Waals surface area contributed by atoms with Crippen molar-refractivity contribution in [2.24, 2.45) is 5.41 Å². The molecule has 0 atom stereocenters. The molecule has 20 heavy (non-hydrogen) atoms. The van der Waals surface area contributed by atoms with E-state index in [9.17, 15) is 8.42 Å². The summed E-state index contributed by atoms with van der Waals surface area (Å²) in [5, 5.41) is 0. The van der Waals surface area contributed by atoms with Gasteiger partial charge < -0.3 is 10.6 Å². The molecule has 0 saturated heterocycles. The van der Waals surface area contributed by atoms with Gasteiger partial charge in [-0.05, 0) is 41.5 Å². The molecule has 0 amide bonds. The van der Waals surface area contributed by atoms with Crippen LogP contribution in [0.1, 0.15) is 13.8 Å². The average Bonchev–Trinajstić information content (AvgIpc) is 2.28. The molecule has 8 heteroatoms. The van der Waals surface area contributed by atoms with E-state index in [1.165, 1.54) is 12.3 Å². The Bertz CT molecular complexity index is 573. The van der Waals surface area contributed by atoms with Crippen molar-refractivity contribution in [3.63, 3.8) is 0 Å². The summed E-state index contributed by atoms with van der Waals surface area (Å²) in [4.78, 5) is 5.85. The van der Waals surface area contributed by atoms with Gasteiger partial charge in [-0.1, -0.05) is 13.8 Å². The summed E-state index contributed by atoms with van der Waals surface area (Å²) >= 11 is 3.20. The zero-order valence-corrected chi connectivity index (χ0v) is 14.5.